The van der Waals surface area contributed by atoms with Gasteiger partial charge in [-0.2, -0.15) is 0 Å². The fourth-order valence-corrected chi connectivity index (χ4v) is 3.14. The maximum absolute atomic E-state index is 12.9. The van der Waals surface area contributed by atoms with Crippen molar-refractivity contribution in [1.29, 1.82) is 0 Å². The molecule has 1 atom stereocenters. The molecule has 1 aliphatic rings. The lowest BCUT2D eigenvalue weighted by Crippen LogP contribution is -2.42. The van der Waals surface area contributed by atoms with Gasteiger partial charge in [-0.3, -0.25) is 4.79 Å². The first-order valence-electron chi connectivity index (χ1n) is 7.89. The lowest BCUT2D eigenvalue weighted by atomic mass is 9.97. The molecule has 0 radical (unpaired) electrons. The Balaban J connectivity index is 0.00000288. The van der Waals surface area contributed by atoms with E-state index in [4.69, 9.17) is 14.2 Å². The summed E-state index contributed by atoms with van der Waals surface area (Å²) in [6, 6.07) is 3.48. The van der Waals surface area contributed by atoms with Gasteiger partial charge in [0.05, 0.1) is 26.9 Å². The van der Waals surface area contributed by atoms with E-state index in [2.05, 4.69) is 5.32 Å². The lowest BCUT2D eigenvalue weighted by molar-refractivity contribution is 0.0670. The van der Waals surface area contributed by atoms with Crippen molar-refractivity contribution < 1.29 is 19.0 Å². The summed E-state index contributed by atoms with van der Waals surface area (Å²) in [5, 5.41) is 3.19. The zero-order valence-corrected chi connectivity index (χ0v) is 15.6. The zero-order valence-electron chi connectivity index (χ0n) is 14.8. The van der Waals surface area contributed by atoms with Crippen LogP contribution in [0.4, 0.5) is 0 Å². The average Bonchev–Trinajstić information content (AvgIpc) is 2.60. The quantitative estimate of drug-likeness (QED) is 0.844. The van der Waals surface area contributed by atoms with Crippen LogP contribution in [0.2, 0.25) is 0 Å². The maximum Gasteiger partial charge on any atom is 0.257 e. The second kappa shape index (κ2) is 9.59. The third-order valence-corrected chi connectivity index (χ3v) is 4.23. The highest BCUT2D eigenvalue weighted by Gasteiger charge is 2.28. The number of carbonyl (C=O) groups excluding carboxylic acids is 1. The van der Waals surface area contributed by atoms with Gasteiger partial charge in [0.2, 0.25) is 5.75 Å². The highest BCUT2D eigenvalue weighted by atomic mass is 35.5. The number of halogens is 1. The van der Waals surface area contributed by atoms with Crippen LogP contribution >= 0.6 is 12.4 Å². The minimum absolute atomic E-state index is 0. The first-order valence-corrected chi connectivity index (χ1v) is 7.89. The third kappa shape index (κ3) is 4.24. The first kappa shape index (κ1) is 20.4. The molecule has 1 saturated heterocycles. The number of amides is 1. The number of ether oxygens (including phenoxy) is 3. The van der Waals surface area contributed by atoms with Gasteiger partial charge in [-0.25, -0.2) is 0 Å². The SMILES string of the molecule is CNCC1CCCN(C(=O)c2ccc(OC)c(OC)c2OC)C1.Cl. The number of benzene rings is 1. The standard InChI is InChI=1S/C17H26N2O4.ClH/c1-18-10-12-6-5-9-19(11-12)17(20)13-7-8-14(21-2)16(23-4)15(13)22-3;/h7-8,12,18H,5-6,9-11H2,1-4H3;1H. The van der Waals surface area contributed by atoms with Crippen molar-refractivity contribution in [2.75, 3.05) is 48.0 Å². The Morgan fingerprint density at radius 3 is 2.50 bits per heavy atom. The Morgan fingerprint density at radius 2 is 1.92 bits per heavy atom. The number of nitrogens with one attached hydrogen (secondary N) is 1. The molecule has 2 rings (SSSR count). The Labute approximate surface area is 149 Å². The molecule has 1 aliphatic heterocycles. The summed E-state index contributed by atoms with van der Waals surface area (Å²) in [7, 11) is 6.58. The number of rotatable bonds is 6. The summed E-state index contributed by atoms with van der Waals surface area (Å²) in [6.07, 6.45) is 2.17. The van der Waals surface area contributed by atoms with E-state index in [0.717, 1.165) is 32.5 Å². The molecule has 0 spiro atoms. The van der Waals surface area contributed by atoms with Crippen LogP contribution in [0, 0.1) is 5.92 Å². The van der Waals surface area contributed by atoms with Gasteiger partial charge in [-0.05, 0) is 44.5 Å². The molecule has 1 unspecified atom stereocenters. The Bertz CT molecular complexity index is 552. The Hall–Kier alpha value is -1.66. The number of likely N-dealkylation sites (tertiary alicyclic amines) is 1. The van der Waals surface area contributed by atoms with Crippen molar-refractivity contribution in [2.24, 2.45) is 5.92 Å². The van der Waals surface area contributed by atoms with E-state index in [1.54, 1.807) is 26.4 Å². The van der Waals surface area contributed by atoms with Crippen LogP contribution in [0.1, 0.15) is 23.2 Å². The molecule has 6 nitrogen and oxygen atoms in total. The van der Waals surface area contributed by atoms with Crippen LogP contribution in [-0.4, -0.2) is 58.8 Å². The second-order valence-corrected chi connectivity index (χ2v) is 5.70. The summed E-state index contributed by atoms with van der Waals surface area (Å²) in [4.78, 5) is 14.8. The third-order valence-electron chi connectivity index (χ3n) is 4.23. The van der Waals surface area contributed by atoms with Crippen molar-refractivity contribution >= 4 is 18.3 Å². The van der Waals surface area contributed by atoms with Gasteiger partial charge in [0.1, 0.15) is 0 Å². The molecule has 0 saturated carbocycles. The predicted molar refractivity (Wildman–Crippen MR) is 95.9 cm³/mol. The number of nitrogens with zero attached hydrogens (tertiary/aromatic N) is 1. The molecule has 136 valence electrons. The van der Waals surface area contributed by atoms with Gasteiger partial charge in [0.15, 0.2) is 11.5 Å². The second-order valence-electron chi connectivity index (χ2n) is 5.70. The predicted octanol–water partition coefficient (Wildman–Crippen LogP) is 2.21. The van der Waals surface area contributed by atoms with E-state index in [1.165, 1.54) is 7.11 Å². The van der Waals surface area contributed by atoms with Crippen LogP contribution in [0.15, 0.2) is 12.1 Å². The zero-order chi connectivity index (χ0) is 16.8. The van der Waals surface area contributed by atoms with Crippen LogP contribution in [0.5, 0.6) is 17.2 Å². The van der Waals surface area contributed by atoms with Gasteiger partial charge in [-0.1, -0.05) is 0 Å². The highest BCUT2D eigenvalue weighted by molar-refractivity contribution is 5.98. The normalized spacial score (nSPS) is 17.0. The monoisotopic (exact) mass is 358 g/mol. The molecule has 0 aromatic heterocycles. The van der Waals surface area contributed by atoms with E-state index in [0.29, 0.717) is 28.7 Å². The molecule has 1 amide bonds. The van der Waals surface area contributed by atoms with Crippen molar-refractivity contribution in [1.82, 2.24) is 10.2 Å². The largest absolute Gasteiger partial charge is 0.493 e. The van der Waals surface area contributed by atoms with Crippen LogP contribution in [-0.2, 0) is 0 Å². The molecule has 0 aliphatic carbocycles. The van der Waals surface area contributed by atoms with E-state index < -0.39 is 0 Å². The molecule has 1 heterocycles. The molecule has 1 aromatic rings. The topological polar surface area (TPSA) is 60.0 Å². The van der Waals surface area contributed by atoms with Gasteiger partial charge < -0.3 is 24.4 Å². The molecule has 1 N–H and O–H groups in total. The Kier molecular flexibility index (Phi) is 8.15. The van der Waals surface area contributed by atoms with Gasteiger partial charge in [-0.15, -0.1) is 12.4 Å². The van der Waals surface area contributed by atoms with Crippen molar-refractivity contribution in [2.45, 2.75) is 12.8 Å². The van der Waals surface area contributed by atoms with Crippen molar-refractivity contribution in [3.05, 3.63) is 17.7 Å². The molecule has 1 fully saturated rings. The smallest absolute Gasteiger partial charge is 0.257 e. The van der Waals surface area contributed by atoms with Gasteiger partial charge in [0.25, 0.3) is 5.91 Å². The first-order chi connectivity index (χ1) is 11.2. The summed E-state index contributed by atoms with van der Waals surface area (Å²) in [5.74, 6) is 1.89. The van der Waals surface area contributed by atoms with E-state index in [-0.39, 0.29) is 18.3 Å². The Morgan fingerprint density at radius 1 is 1.21 bits per heavy atom. The number of methoxy groups -OCH3 is 3. The maximum atomic E-state index is 12.9. The number of hydrogen-bond donors (Lipinski definition) is 1. The van der Waals surface area contributed by atoms with E-state index >= 15 is 0 Å². The van der Waals surface area contributed by atoms with Crippen molar-refractivity contribution in [3.63, 3.8) is 0 Å². The summed E-state index contributed by atoms with van der Waals surface area (Å²) in [6.45, 7) is 2.46. The van der Waals surface area contributed by atoms with Crippen molar-refractivity contribution in [3.8, 4) is 17.2 Å². The number of carbonyl (C=O) groups is 1. The fourth-order valence-electron chi connectivity index (χ4n) is 3.14. The summed E-state index contributed by atoms with van der Waals surface area (Å²) >= 11 is 0. The minimum atomic E-state index is -0.0244. The molecule has 7 heteroatoms. The highest BCUT2D eigenvalue weighted by Crippen LogP contribution is 2.40. The van der Waals surface area contributed by atoms with Gasteiger partial charge >= 0.3 is 0 Å². The lowest BCUT2D eigenvalue weighted by Gasteiger charge is -2.33. The van der Waals surface area contributed by atoms with Crippen LogP contribution in [0.3, 0.4) is 0 Å². The fraction of sp³-hybridized carbons (Fsp3) is 0.588. The van der Waals surface area contributed by atoms with E-state index in [1.807, 2.05) is 11.9 Å². The average molecular weight is 359 g/mol. The summed E-state index contributed by atoms with van der Waals surface area (Å²) < 4.78 is 16.1. The number of hydrogen-bond acceptors (Lipinski definition) is 5. The molecular weight excluding hydrogens is 332 g/mol. The molecule has 1 aromatic carbocycles. The van der Waals surface area contributed by atoms with Crippen LogP contribution in [0.25, 0.3) is 0 Å². The summed E-state index contributed by atoms with van der Waals surface area (Å²) in [5.41, 5.74) is 0.509. The van der Waals surface area contributed by atoms with E-state index in [9.17, 15) is 4.79 Å². The minimum Gasteiger partial charge on any atom is -0.493 e. The molecular formula is C17H27ClN2O4. The number of piperidine rings is 1. The van der Waals surface area contributed by atoms with Gasteiger partial charge in [0, 0.05) is 13.1 Å². The van der Waals surface area contributed by atoms with Crippen LogP contribution < -0.4 is 19.5 Å². The molecule has 0 bridgehead atoms. The molecule has 24 heavy (non-hydrogen) atoms.